The van der Waals surface area contributed by atoms with Crippen molar-refractivity contribution >= 4 is 59.2 Å². The Morgan fingerprint density at radius 3 is 1.83 bits per heavy atom. The van der Waals surface area contributed by atoms with Crippen LogP contribution in [-0.2, 0) is 51.2 Å². The number of hydrogen-bond acceptors (Lipinski definition) is 10. The van der Waals surface area contributed by atoms with Crippen LogP contribution in [0.5, 0.6) is 0 Å². The smallest absolute Gasteiger partial charge is 0.247 e. The summed E-state index contributed by atoms with van der Waals surface area (Å²) >= 11 is 0. The second kappa shape index (κ2) is 26.4. The maximum absolute atomic E-state index is 14.4. The van der Waals surface area contributed by atoms with Gasteiger partial charge in [-0.2, -0.15) is 0 Å². The van der Waals surface area contributed by atoms with Gasteiger partial charge in [0.05, 0.1) is 13.0 Å². The normalized spacial score (nSPS) is 15.5. The van der Waals surface area contributed by atoms with Gasteiger partial charge in [-0.3, -0.25) is 48.3 Å². The summed E-state index contributed by atoms with van der Waals surface area (Å²) < 4.78 is 0. The summed E-state index contributed by atoms with van der Waals surface area (Å²) in [4.78, 5) is 116. The van der Waals surface area contributed by atoms with Crippen LogP contribution >= 0.6 is 0 Å². The minimum atomic E-state index is -1.47. The molecule has 354 valence electrons. The highest BCUT2D eigenvalue weighted by Crippen LogP contribution is 2.20. The number of nitrogens with two attached hydrogens (primary N) is 6. The zero-order valence-electron chi connectivity index (χ0n) is 36.9. The number of carbonyl (C=O) groups is 8. The lowest BCUT2D eigenvalue weighted by atomic mass is 10.0. The van der Waals surface area contributed by atoms with Gasteiger partial charge >= 0.3 is 0 Å². The van der Waals surface area contributed by atoms with Crippen molar-refractivity contribution in [3.8, 4) is 0 Å². The van der Waals surface area contributed by atoms with Gasteiger partial charge in [-0.25, -0.2) is 0 Å². The highest BCUT2D eigenvalue weighted by Gasteiger charge is 2.40. The standard InChI is InChI=1S/C43H64N14O8/c1-25(2)21-30(52-35(59)18-17-26-11-5-3-6-12-26)38(62)55-31(22-27-13-7-4-8-14-27)39(63)56-32(24-51-43(48)49)41(65)57-20-10-16-33(57)40(64)53-28(15-9-19-50-42(46)47)37(61)54-29(36(45)60)23-34(44)58/h3-8,11-14,25,28-33H,9-10,15-24H2,1-2H3,(H2,44,58)(H2,45,60)(H,52,59)(H,53,64)(H,54,61)(H,55,62)(H,56,63)(H4,46,47,50)(H4,48,49,51)/t28-,29-,30-,31-,32-,33-/m0/s1. The zero-order chi connectivity index (χ0) is 48.1. The molecule has 0 bridgehead atoms. The largest absolute Gasteiger partial charge is 0.370 e. The highest BCUT2D eigenvalue weighted by atomic mass is 16.2. The van der Waals surface area contributed by atoms with Crippen molar-refractivity contribution in [2.75, 3.05) is 19.6 Å². The first-order valence-corrected chi connectivity index (χ1v) is 21.4. The zero-order valence-corrected chi connectivity index (χ0v) is 36.9. The van der Waals surface area contributed by atoms with E-state index in [9.17, 15) is 38.4 Å². The second-order valence-corrected chi connectivity index (χ2v) is 16.1. The number of primary amides is 2. The first-order valence-electron chi connectivity index (χ1n) is 21.4. The predicted molar refractivity (Wildman–Crippen MR) is 242 cm³/mol. The molecule has 1 saturated heterocycles. The van der Waals surface area contributed by atoms with Crippen molar-refractivity contribution in [3.63, 3.8) is 0 Å². The Bertz CT molecular complexity index is 2010. The number of aliphatic imine (C=N–C) groups is 2. The van der Waals surface area contributed by atoms with Gasteiger partial charge < -0.3 is 65.9 Å². The van der Waals surface area contributed by atoms with Crippen LogP contribution < -0.4 is 61.0 Å². The molecule has 1 aliphatic heterocycles. The summed E-state index contributed by atoms with van der Waals surface area (Å²) in [6.07, 6.45) is 0.927. The monoisotopic (exact) mass is 905 g/mol. The first-order chi connectivity index (χ1) is 30.8. The summed E-state index contributed by atoms with van der Waals surface area (Å²) in [5.41, 5.74) is 34.4. The Balaban J connectivity index is 1.86. The van der Waals surface area contributed by atoms with E-state index in [1.54, 1.807) is 30.3 Å². The summed E-state index contributed by atoms with van der Waals surface area (Å²) in [5.74, 6) is -6.63. The number of hydrogen-bond donors (Lipinski definition) is 11. The Kier molecular flexibility index (Phi) is 21.1. The van der Waals surface area contributed by atoms with E-state index in [1.165, 1.54) is 4.90 Å². The van der Waals surface area contributed by atoms with E-state index >= 15 is 0 Å². The average molecular weight is 905 g/mol. The molecule has 0 radical (unpaired) electrons. The number of rotatable bonds is 26. The molecule has 17 N–H and O–H groups in total. The minimum absolute atomic E-state index is 0.00456. The molecular formula is C43H64N14O8. The maximum atomic E-state index is 14.4. The highest BCUT2D eigenvalue weighted by molar-refractivity contribution is 5.98. The minimum Gasteiger partial charge on any atom is -0.370 e. The van der Waals surface area contributed by atoms with E-state index in [1.807, 2.05) is 44.2 Å². The third-order valence-corrected chi connectivity index (χ3v) is 10.3. The third kappa shape index (κ3) is 18.5. The fourth-order valence-electron chi connectivity index (χ4n) is 7.10. The Labute approximate surface area is 377 Å². The third-order valence-electron chi connectivity index (χ3n) is 10.3. The fraction of sp³-hybridized carbons (Fsp3) is 0.488. The molecule has 65 heavy (non-hydrogen) atoms. The molecule has 0 aliphatic carbocycles. The van der Waals surface area contributed by atoms with E-state index in [4.69, 9.17) is 34.4 Å². The number of aryl methyl sites for hydroxylation is 1. The Morgan fingerprint density at radius 1 is 0.677 bits per heavy atom. The van der Waals surface area contributed by atoms with Crippen molar-refractivity contribution in [1.29, 1.82) is 0 Å². The van der Waals surface area contributed by atoms with Gasteiger partial charge in [0.1, 0.15) is 36.3 Å². The topological polar surface area (TPSA) is 381 Å². The van der Waals surface area contributed by atoms with Crippen LogP contribution in [0.3, 0.4) is 0 Å². The van der Waals surface area contributed by atoms with Crippen molar-refractivity contribution in [2.45, 2.75) is 108 Å². The molecule has 1 heterocycles. The Hall–Kier alpha value is -7.26. The number of carbonyl (C=O) groups excluding carboxylic acids is 8. The van der Waals surface area contributed by atoms with E-state index in [0.29, 0.717) is 18.4 Å². The molecule has 22 nitrogen and oxygen atoms in total. The van der Waals surface area contributed by atoms with Crippen molar-refractivity contribution in [2.24, 2.45) is 50.3 Å². The van der Waals surface area contributed by atoms with Crippen LogP contribution in [-0.4, -0.2) is 120 Å². The SMILES string of the molecule is CC(C)C[C@H](NC(=O)CCc1ccccc1)C(=O)N[C@@H](Cc1ccccc1)C(=O)N[C@@H](CN=C(N)N)C(=O)N1CCC[C@H]1C(=O)N[C@@H](CCCN=C(N)N)C(=O)N[C@@H](CC(N)=O)C(N)=O. The van der Waals surface area contributed by atoms with Crippen LogP contribution in [0.25, 0.3) is 0 Å². The number of amides is 8. The lowest BCUT2D eigenvalue weighted by Crippen LogP contribution is -2.60. The molecule has 0 aromatic heterocycles. The van der Waals surface area contributed by atoms with Gasteiger partial charge in [0.2, 0.25) is 47.3 Å². The van der Waals surface area contributed by atoms with Gasteiger partial charge in [0.25, 0.3) is 0 Å². The molecule has 1 aliphatic rings. The van der Waals surface area contributed by atoms with Crippen LogP contribution in [0.2, 0.25) is 0 Å². The number of benzene rings is 2. The van der Waals surface area contributed by atoms with Crippen molar-refractivity contribution in [1.82, 2.24) is 31.5 Å². The number of guanidine groups is 2. The molecule has 1 fully saturated rings. The molecule has 2 aromatic carbocycles. The van der Waals surface area contributed by atoms with E-state index < -0.39 is 90.6 Å². The molecule has 0 unspecified atom stereocenters. The van der Waals surface area contributed by atoms with Crippen LogP contribution in [0.15, 0.2) is 70.6 Å². The van der Waals surface area contributed by atoms with Gasteiger partial charge in [-0.1, -0.05) is 74.5 Å². The second-order valence-electron chi connectivity index (χ2n) is 16.1. The summed E-state index contributed by atoms with van der Waals surface area (Å²) in [6, 6.07) is 10.6. The molecule has 22 heteroatoms. The maximum Gasteiger partial charge on any atom is 0.247 e. The Morgan fingerprint density at radius 2 is 1.25 bits per heavy atom. The van der Waals surface area contributed by atoms with E-state index in [0.717, 1.165) is 5.56 Å². The first kappa shape index (κ1) is 52.1. The number of nitrogens with zero attached hydrogens (tertiary/aromatic N) is 3. The molecule has 8 amide bonds. The summed E-state index contributed by atoms with van der Waals surface area (Å²) in [7, 11) is 0. The average Bonchev–Trinajstić information content (AvgIpc) is 3.75. The predicted octanol–water partition coefficient (Wildman–Crippen LogP) is -2.99. The number of nitrogens with one attached hydrogen (secondary N) is 5. The van der Waals surface area contributed by atoms with Gasteiger partial charge in [-0.05, 0) is 55.6 Å². The van der Waals surface area contributed by atoms with E-state index in [-0.39, 0.29) is 75.4 Å². The van der Waals surface area contributed by atoms with Gasteiger partial charge in [0.15, 0.2) is 11.9 Å². The lowest BCUT2D eigenvalue weighted by Gasteiger charge is -2.30. The van der Waals surface area contributed by atoms with Crippen molar-refractivity contribution < 1.29 is 38.4 Å². The van der Waals surface area contributed by atoms with Crippen molar-refractivity contribution in [3.05, 3.63) is 71.8 Å². The molecule has 0 spiro atoms. The van der Waals surface area contributed by atoms with Crippen LogP contribution in [0.4, 0.5) is 0 Å². The van der Waals surface area contributed by atoms with Crippen LogP contribution in [0.1, 0.15) is 69.9 Å². The lowest BCUT2D eigenvalue weighted by molar-refractivity contribution is -0.142. The number of likely N-dealkylation sites (tertiary alicyclic amines) is 1. The van der Waals surface area contributed by atoms with Gasteiger partial charge in [0, 0.05) is 25.9 Å². The molecule has 6 atom stereocenters. The van der Waals surface area contributed by atoms with E-state index in [2.05, 4.69) is 36.6 Å². The van der Waals surface area contributed by atoms with Gasteiger partial charge in [-0.15, -0.1) is 0 Å². The molecule has 0 saturated carbocycles. The van der Waals surface area contributed by atoms with Crippen LogP contribution in [0, 0.1) is 5.92 Å². The summed E-state index contributed by atoms with van der Waals surface area (Å²) in [5, 5.41) is 13.3. The molecule has 2 aromatic rings. The summed E-state index contributed by atoms with van der Waals surface area (Å²) in [6.45, 7) is 3.50. The quantitative estimate of drug-likeness (QED) is 0.0256. The molecule has 3 rings (SSSR count). The molecular weight excluding hydrogens is 841 g/mol. The fourth-order valence-corrected chi connectivity index (χ4v) is 7.10.